The topological polar surface area (TPSA) is 56.1 Å². The van der Waals surface area contributed by atoms with E-state index in [1.807, 2.05) is 11.0 Å². The Balaban J connectivity index is 1.74. The molecule has 112 valence electrons. The number of aromatic nitrogens is 2. The van der Waals surface area contributed by atoms with Gasteiger partial charge in [0.25, 0.3) is 0 Å². The van der Waals surface area contributed by atoms with Gasteiger partial charge in [-0.3, -0.25) is 0 Å². The van der Waals surface area contributed by atoms with Gasteiger partial charge in [-0.2, -0.15) is 5.26 Å². The number of hydrogen-bond acceptors (Lipinski definition) is 5. The summed E-state index contributed by atoms with van der Waals surface area (Å²) in [5, 5.41) is 8.82. The van der Waals surface area contributed by atoms with Crippen LogP contribution in [-0.2, 0) is 0 Å². The fourth-order valence-electron chi connectivity index (χ4n) is 2.65. The molecule has 0 unspecified atom stereocenters. The predicted octanol–water partition coefficient (Wildman–Crippen LogP) is 2.20. The lowest BCUT2D eigenvalue weighted by Crippen LogP contribution is -2.32. The van der Waals surface area contributed by atoms with E-state index in [-0.39, 0.29) is 5.82 Å². The first-order valence-corrected chi connectivity index (χ1v) is 7.24. The van der Waals surface area contributed by atoms with Crippen LogP contribution in [0.3, 0.4) is 0 Å². The maximum absolute atomic E-state index is 14.1. The second kappa shape index (κ2) is 6.39. The van der Waals surface area contributed by atoms with Crippen molar-refractivity contribution in [1.82, 2.24) is 9.97 Å². The molecule has 1 aromatic heterocycles. The van der Waals surface area contributed by atoms with Crippen LogP contribution in [0.15, 0.2) is 36.7 Å². The molecule has 0 aliphatic carbocycles. The van der Waals surface area contributed by atoms with Gasteiger partial charge in [-0.1, -0.05) is 0 Å². The van der Waals surface area contributed by atoms with Gasteiger partial charge in [-0.25, -0.2) is 14.4 Å². The van der Waals surface area contributed by atoms with Crippen LogP contribution in [0.2, 0.25) is 0 Å². The number of rotatable bonds is 2. The van der Waals surface area contributed by atoms with E-state index in [9.17, 15) is 4.39 Å². The Morgan fingerprint density at radius 2 is 1.77 bits per heavy atom. The zero-order valence-electron chi connectivity index (χ0n) is 12.1. The highest BCUT2D eigenvalue weighted by Gasteiger charge is 2.19. The van der Waals surface area contributed by atoms with Crippen LogP contribution in [0.5, 0.6) is 0 Å². The predicted molar refractivity (Wildman–Crippen MR) is 82.2 cm³/mol. The Labute approximate surface area is 128 Å². The smallest absolute Gasteiger partial charge is 0.225 e. The molecule has 0 atom stereocenters. The summed E-state index contributed by atoms with van der Waals surface area (Å²) >= 11 is 0. The molecule has 0 bridgehead atoms. The lowest BCUT2D eigenvalue weighted by molar-refractivity contribution is 0.618. The van der Waals surface area contributed by atoms with Gasteiger partial charge in [0.15, 0.2) is 0 Å². The fourth-order valence-corrected chi connectivity index (χ4v) is 2.65. The zero-order chi connectivity index (χ0) is 15.4. The highest BCUT2D eigenvalue weighted by molar-refractivity contribution is 5.51. The standard InChI is InChI=1S/C16H16FN5/c17-14-11-13(12-18)3-4-15(14)21-7-2-8-22(10-9-21)16-19-5-1-6-20-16/h1,3-6,11H,2,7-10H2. The Hall–Kier alpha value is -2.68. The van der Waals surface area contributed by atoms with Gasteiger partial charge in [0.1, 0.15) is 5.82 Å². The van der Waals surface area contributed by atoms with Crippen molar-refractivity contribution >= 4 is 11.6 Å². The monoisotopic (exact) mass is 297 g/mol. The number of benzene rings is 1. The minimum Gasteiger partial charge on any atom is -0.367 e. The molecule has 3 rings (SSSR count). The molecule has 1 aromatic carbocycles. The zero-order valence-corrected chi connectivity index (χ0v) is 12.1. The minimum atomic E-state index is -0.344. The van der Waals surface area contributed by atoms with Gasteiger partial charge in [0.2, 0.25) is 5.95 Å². The van der Waals surface area contributed by atoms with E-state index in [1.165, 1.54) is 6.07 Å². The first-order valence-electron chi connectivity index (χ1n) is 7.24. The van der Waals surface area contributed by atoms with E-state index in [0.717, 1.165) is 26.1 Å². The SMILES string of the molecule is N#Cc1ccc(N2CCCN(c3ncccn3)CC2)c(F)c1. The molecule has 0 spiro atoms. The third-order valence-corrected chi connectivity index (χ3v) is 3.75. The highest BCUT2D eigenvalue weighted by atomic mass is 19.1. The molecular formula is C16H16FN5. The number of nitriles is 1. The van der Waals surface area contributed by atoms with Crippen molar-refractivity contribution in [3.05, 3.63) is 48.0 Å². The molecule has 2 aromatic rings. The van der Waals surface area contributed by atoms with Gasteiger partial charge in [-0.15, -0.1) is 0 Å². The summed E-state index contributed by atoms with van der Waals surface area (Å²) in [6.45, 7) is 3.05. The molecule has 1 aliphatic rings. The Kier molecular flexibility index (Phi) is 4.15. The molecule has 0 N–H and O–H groups in total. The quantitative estimate of drug-likeness (QED) is 0.850. The average molecular weight is 297 g/mol. The maximum atomic E-state index is 14.1. The largest absolute Gasteiger partial charge is 0.367 e. The molecule has 6 heteroatoms. The molecule has 1 fully saturated rings. The summed E-state index contributed by atoms with van der Waals surface area (Å²) < 4.78 is 14.1. The van der Waals surface area contributed by atoms with Crippen molar-refractivity contribution < 1.29 is 4.39 Å². The number of anilines is 2. The van der Waals surface area contributed by atoms with Gasteiger partial charge in [0, 0.05) is 38.6 Å². The van der Waals surface area contributed by atoms with Crippen LogP contribution in [0.4, 0.5) is 16.0 Å². The van der Waals surface area contributed by atoms with E-state index in [1.54, 1.807) is 30.6 Å². The van der Waals surface area contributed by atoms with Crippen molar-refractivity contribution in [2.75, 3.05) is 36.0 Å². The summed E-state index contributed by atoms with van der Waals surface area (Å²) in [7, 11) is 0. The second-order valence-corrected chi connectivity index (χ2v) is 5.15. The van der Waals surface area contributed by atoms with E-state index in [0.29, 0.717) is 23.7 Å². The summed E-state index contributed by atoms with van der Waals surface area (Å²) in [6.07, 6.45) is 4.36. The van der Waals surface area contributed by atoms with Crippen molar-refractivity contribution in [2.24, 2.45) is 0 Å². The van der Waals surface area contributed by atoms with Crippen LogP contribution >= 0.6 is 0 Å². The van der Waals surface area contributed by atoms with Crippen molar-refractivity contribution in [3.8, 4) is 6.07 Å². The summed E-state index contributed by atoms with van der Waals surface area (Å²) in [5.41, 5.74) is 0.894. The highest BCUT2D eigenvalue weighted by Crippen LogP contribution is 2.22. The van der Waals surface area contributed by atoms with E-state index >= 15 is 0 Å². The van der Waals surface area contributed by atoms with Crippen molar-refractivity contribution in [1.29, 1.82) is 5.26 Å². The lowest BCUT2D eigenvalue weighted by atomic mass is 10.2. The van der Waals surface area contributed by atoms with E-state index < -0.39 is 0 Å². The van der Waals surface area contributed by atoms with Gasteiger partial charge in [-0.05, 0) is 30.7 Å². The minimum absolute atomic E-state index is 0.343. The second-order valence-electron chi connectivity index (χ2n) is 5.15. The maximum Gasteiger partial charge on any atom is 0.225 e. The van der Waals surface area contributed by atoms with Crippen LogP contribution in [-0.4, -0.2) is 36.1 Å². The number of halogens is 1. The lowest BCUT2D eigenvalue weighted by Gasteiger charge is -2.24. The van der Waals surface area contributed by atoms with Crippen LogP contribution < -0.4 is 9.80 Å². The summed E-state index contributed by atoms with van der Waals surface area (Å²) in [4.78, 5) is 12.7. The van der Waals surface area contributed by atoms with Crippen LogP contribution in [0.25, 0.3) is 0 Å². The first-order chi connectivity index (χ1) is 10.8. The van der Waals surface area contributed by atoms with E-state index in [4.69, 9.17) is 5.26 Å². The Bertz CT molecular complexity index is 683. The first kappa shape index (κ1) is 14.3. The van der Waals surface area contributed by atoms with Crippen LogP contribution in [0, 0.1) is 17.1 Å². The Morgan fingerprint density at radius 3 is 2.50 bits per heavy atom. The molecule has 1 saturated heterocycles. The fraction of sp³-hybridized carbons (Fsp3) is 0.312. The van der Waals surface area contributed by atoms with Crippen molar-refractivity contribution in [2.45, 2.75) is 6.42 Å². The molecule has 0 saturated carbocycles. The molecule has 1 aliphatic heterocycles. The molecule has 0 amide bonds. The molecule has 22 heavy (non-hydrogen) atoms. The van der Waals surface area contributed by atoms with E-state index in [2.05, 4.69) is 14.9 Å². The molecule has 5 nitrogen and oxygen atoms in total. The summed E-state index contributed by atoms with van der Waals surface area (Å²) in [6, 6.07) is 8.37. The van der Waals surface area contributed by atoms with Gasteiger partial charge < -0.3 is 9.80 Å². The number of nitrogens with zero attached hydrogens (tertiary/aromatic N) is 5. The molecule has 2 heterocycles. The average Bonchev–Trinajstić information content (AvgIpc) is 2.81. The molecular weight excluding hydrogens is 281 g/mol. The third kappa shape index (κ3) is 2.98. The van der Waals surface area contributed by atoms with Crippen LogP contribution in [0.1, 0.15) is 12.0 Å². The number of hydrogen-bond donors (Lipinski definition) is 0. The Morgan fingerprint density at radius 1 is 1.05 bits per heavy atom. The molecule has 0 radical (unpaired) electrons. The normalized spacial score (nSPS) is 15.3. The third-order valence-electron chi connectivity index (χ3n) is 3.75. The van der Waals surface area contributed by atoms with Gasteiger partial charge in [0.05, 0.1) is 17.3 Å². The van der Waals surface area contributed by atoms with Crippen molar-refractivity contribution in [3.63, 3.8) is 0 Å². The summed E-state index contributed by atoms with van der Waals surface area (Å²) in [5.74, 6) is 0.369. The van der Waals surface area contributed by atoms with Gasteiger partial charge >= 0.3 is 0 Å².